The van der Waals surface area contributed by atoms with E-state index in [-0.39, 0.29) is 0 Å². The maximum absolute atomic E-state index is 4.03. The summed E-state index contributed by atoms with van der Waals surface area (Å²) >= 11 is 0. The smallest absolute Gasteiger partial charge is 0.00978 e. The second-order valence-corrected chi connectivity index (χ2v) is 8.56. The van der Waals surface area contributed by atoms with Crippen molar-refractivity contribution in [2.75, 3.05) is 0 Å². The van der Waals surface area contributed by atoms with Crippen LogP contribution in [0.2, 0.25) is 0 Å². The second kappa shape index (κ2) is 6.81. The van der Waals surface area contributed by atoms with Crippen molar-refractivity contribution in [2.24, 2.45) is 23.2 Å². The van der Waals surface area contributed by atoms with E-state index >= 15 is 0 Å². The average molecular weight is 280 g/mol. The normalized spacial score (nSPS) is 39.8. The van der Waals surface area contributed by atoms with Gasteiger partial charge in [0.1, 0.15) is 0 Å². The number of hydrogen-bond donors (Lipinski definition) is 1. The molecular weight excluding hydrogens is 242 g/mol. The third-order valence-electron chi connectivity index (χ3n) is 6.65. The molecule has 2 aliphatic rings. The molecule has 0 saturated heterocycles. The van der Waals surface area contributed by atoms with Crippen LogP contribution in [0.3, 0.4) is 0 Å². The van der Waals surface area contributed by atoms with E-state index in [1.807, 2.05) is 0 Å². The van der Waals surface area contributed by atoms with Crippen molar-refractivity contribution in [1.82, 2.24) is 5.32 Å². The summed E-state index contributed by atoms with van der Waals surface area (Å²) in [5.74, 6) is 2.77. The van der Waals surface area contributed by atoms with Gasteiger partial charge in [-0.2, -0.15) is 0 Å². The summed E-state index contributed by atoms with van der Waals surface area (Å²) in [6.45, 7) is 12.2. The van der Waals surface area contributed by atoms with E-state index in [0.29, 0.717) is 5.41 Å². The molecule has 3 unspecified atom stereocenters. The van der Waals surface area contributed by atoms with Crippen LogP contribution in [0.1, 0.15) is 86.0 Å². The van der Waals surface area contributed by atoms with Gasteiger partial charge in [0, 0.05) is 12.1 Å². The van der Waals surface area contributed by atoms with E-state index in [1.165, 1.54) is 51.4 Å². The lowest BCUT2D eigenvalue weighted by molar-refractivity contribution is 0.123. The molecule has 0 aromatic rings. The molecule has 2 aliphatic carbocycles. The first-order chi connectivity index (χ1) is 9.42. The van der Waals surface area contributed by atoms with Crippen molar-refractivity contribution >= 4 is 0 Å². The minimum absolute atomic E-state index is 0.553. The third-order valence-corrected chi connectivity index (χ3v) is 6.65. The average Bonchev–Trinajstić information content (AvgIpc) is 2.43. The van der Waals surface area contributed by atoms with Crippen LogP contribution >= 0.6 is 0 Å². The molecule has 0 heterocycles. The van der Waals surface area contributed by atoms with Gasteiger partial charge in [-0.1, -0.05) is 47.5 Å². The van der Waals surface area contributed by atoms with Crippen LogP contribution < -0.4 is 5.32 Å². The van der Waals surface area contributed by atoms with Crippen LogP contribution in [0, 0.1) is 23.2 Å². The molecule has 0 bridgehead atoms. The van der Waals surface area contributed by atoms with Crippen LogP contribution in [0.15, 0.2) is 0 Å². The molecule has 0 aromatic carbocycles. The lowest BCUT2D eigenvalue weighted by atomic mass is 9.68. The van der Waals surface area contributed by atoms with Gasteiger partial charge in [0.15, 0.2) is 0 Å². The first kappa shape index (κ1) is 16.3. The Hall–Kier alpha value is -0.0400. The van der Waals surface area contributed by atoms with E-state index in [9.17, 15) is 0 Å². The third kappa shape index (κ3) is 4.00. The monoisotopic (exact) mass is 279 g/mol. The van der Waals surface area contributed by atoms with Gasteiger partial charge in [-0.15, -0.1) is 0 Å². The highest BCUT2D eigenvalue weighted by molar-refractivity contribution is 4.89. The van der Waals surface area contributed by atoms with Crippen molar-refractivity contribution in [2.45, 2.75) is 98.1 Å². The molecule has 118 valence electrons. The van der Waals surface area contributed by atoms with Crippen LogP contribution in [-0.4, -0.2) is 12.1 Å². The predicted molar refractivity (Wildman–Crippen MR) is 88.9 cm³/mol. The van der Waals surface area contributed by atoms with Crippen molar-refractivity contribution in [3.05, 3.63) is 0 Å². The van der Waals surface area contributed by atoms with Crippen LogP contribution in [0.5, 0.6) is 0 Å². The molecule has 2 saturated carbocycles. The molecular formula is C19H37N. The zero-order valence-corrected chi connectivity index (χ0v) is 14.5. The minimum atomic E-state index is 0.553. The molecule has 0 amide bonds. The fourth-order valence-corrected chi connectivity index (χ4v) is 4.40. The van der Waals surface area contributed by atoms with Gasteiger partial charge in [0.25, 0.3) is 0 Å². The highest BCUT2D eigenvalue weighted by Crippen LogP contribution is 2.41. The Morgan fingerprint density at radius 3 is 2.20 bits per heavy atom. The van der Waals surface area contributed by atoms with E-state index in [4.69, 9.17) is 0 Å². The standard InChI is InChI=1S/C19H37N/c1-6-19(4,5)16-9-11-17(12-10-16)20-18-13-14(2)7-8-15(18)3/h14-18,20H,6-13H2,1-5H3. The SMILES string of the molecule is CCC(C)(C)C1CCC(NC2CC(C)CCC2C)CC1. The first-order valence-electron chi connectivity index (χ1n) is 9.18. The molecule has 1 nitrogen and oxygen atoms in total. The summed E-state index contributed by atoms with van der Waals surface area (Å²) in [6.07, 6.45) is 11.3. The Bertz CT molecular complexity index is 288. The first-order valence-corrected chi connectivity index (χ1v) is 9.18. The molecule has 3 atom stereocenters. The minimum Gasteiger partial charge on any atom is -0.311 e. The maximum Gasteiger partial charge on any atom is 0.00978 e. The van der Waals surface area contributed by atoms with Gasteiger partial charge < -0.3 is 5.32 Å². The fraction of sp³-hybridized carbons (Fsp3) is 1.00. The largest absolute Gasteiger partial charge is 0.311 e. The van der Waals surface area contributed by atoms with Crippen molar-refractivity contribution in [3.63, 3.8) is 0 Å². The van der Waals surface area contributed by atoms with E-state index in [0.717, 1.165) is 29.8 Å². The van der Waals surface area contributed by atoms with Crippen LogP contribution in [-0.2, 0) is 0 Å². The van der Waals surface area contributed by atoms with Gasteiger partial charge in [-0.3, -0.25) is 0 Å². The lowest BCUT2D eigenvalue weighted by Crippen LogP contribution is -2.47. The van der Waals surface area contributed by atoms with E-state index in [1.54, 1.807) is 0 Å². The topological polar surface area (TPSA) is 12.0 Å². The molecule has 1 heteroatoms. The highest BCUT2D eigenvalue weighted by Gasteiger charge is 2.33. The number of rotatable bonds is 4. The van der Waals surface area contributed by atoms with E-state index < -0.39 is 0 Å². The molecule has 1 N–H and O–H groups in total. The van der Waals surface area contributed by atoms with Crippen molar-refractivity contribution in [3.8, 4) is 0 Å². The van der Waals surface area contributed by atoms with Gasteiger partial charge in [-0.25, -0.2) is 0 Å². The zero-order valence-electron chi connectivity index (χ0n) is 14.5. The molecule has 0 spiro atoms. The van der Waals surface area contributed by atoms with Crippen LogP contribution in [0.4, 0.5) is 0 Å². The summed E-state index contributed by atoms with van der Waals surface area (Å²) in [7, 11) is 0. The van der Waals surface area contributed by atoms with Gasteiger partial charge in [0.05, 0.1) is 0 Å². The van der Waals surface area contributed by atoms with Gasteiger partial charge in [-0.05, 0) is 61.7 Å². The maximum atomic E-state index is 4.03. The summed E-state index contributed by atoms with van der Waals surface area (Å²) in [4.78, 5) is 0. The predicted octanol–water partition coefficient (Wildman–Crippen LogP) is 5.40. The Morgan fingerprint density at radius 2 is 1.60 bits per heavy atom. The highest BCUT2D eigenvalue weighted by atomic mass is 15.0. The van der Waals surface area contributed by atoms with Crippen LogP contribution in [0.25, 0.3) is 0 Å². The number of nitrogens with one attached hydrogen (secondary N) is 1. The number of hydrogen-bond acceptors (Lipinski definition) is 1. The van der Waals surface area contributed by atoms with Crippen molar-refractivity contribution in [1.29, 1.82) is 0 Å². The molecule has 2 rings (SSSR count). The molecule has 2 fully saturated rings. The molecule has 0 radical (unpaired) electrons. The fourth-order valence-electron chi connectivity index (χ4n) is 4.40. The molecule has 0 aromatic heterocycles. The van der Waals surface area contributed by atoms with E-state index in [2.05, 4.69) is 39.9 Å². The lowest BCUT2D eigenvalue weighted by Gasteiger charge is -2.42. The second-order valence-electron chi connectivity index (χ2n) is 8.56. The zero-order chi connectivity index (χ0) is 14.8. The summed E-state index contributed by atoms with van der Waals surface area (Å²) in [5.41, 5.74) is 0.553. The van der Waals surface area contributed by atoms with Gasteiger partial charge >= 0.3 is 0 Å². The molecule has 20 heavy (non-hydrogen) atoms. The summed E-state index contributed by atoms with van der Waals surface area (Å²) in [6, 6.07) is 1.59. The van der Waals surface area contributed by atoms with Gasteiger partial charge in [0.2, 0.25) is 0 Å². The Balaban J connectivity index is 1.79. The molecule has 0 aliphatic heterocycles. The summed E-state index contributed by atoms with van der Waals surface area (Å²) < 4.78 is 0. The Morgan fingerprint density at radius 1 is 0.950 bits per heavy atom. The quantitative estimate of drug-likeness (QED) is 0.727. The summed E-state index contributed by atoms with van der Waals surface area (Å²) in [5, 5.41) is 4.03. The van der Waals surface area contributed by atoms with Crippen molar-refractivity contribution < 1.29 is 0 Å². The Kier molecular flexibility index (Phi) is 5.56. The Labute approximate surface area is 127 Å².